The maximum atomic E-state index is 12.7. The molecule has 1 amide bonds. The number of ether oxygens (including phenoxy) is 2. The minimum absolute atomic E-state index is 0.00186. The van der Waals surface area contributed by atoms with Crippen LogP contribution < -0.4 is 5.32 Å². The Morgan fingerprint density at radius 2 is 1.59 bits per heavy atom. The molecule has 4 aromatic carbocycles. The normalized spacial score (nSPS) is 23.8. The van der Waals surface area contributed by atoms with E-state index in [9.17, 15) is 15.0 Å². The summed E-state index contributed by atoms with van der Waals surface area (Å²) >= 11 is 0. The number of likely N-dealkylation sites (tertiary alicyclic amines) is 1. The van der Waals surface area contributed by atoms with E-state index in [1.54, 1.807) is 0 Å². The molecule has 2 heterocycles. The molecule has 0 spiro atoms. The van der Waals surface area contributed by atoms with Crippen molar-refractivity contribution < 1.29 is 24.5 Å². The van der Waals surface area contributed by atoms with Crippen molar-refractivity contribution in [2.45, 2.75) is 51.1 Å². The van der Waals surface area contributed by atoms with Crippen LogP contribution >= 0.6 is 0 Å². The van der Waals surface area contributed by atoms with Gasteiger partial charge in [-0.25, -0.2) is 0 Å². The lowest BCUT2D eigenvalue weighted by molar-refractivity contribution is -0.276. The zero-order valence-electron chi connectivity index (χ0n) is 25.0. The number of aliphatic hydroxyl groups is 2. The first kappa shape index (κ1) is 30.2. The van der Waals surface area contributed by atoms with Crippen LogP contribution in [0.3, 0.4) is 0 Å². The van der Waals surface area contributed by atoms with Crippen LogP contribution in [-0.2, 0) is 22.6 Å². The second kappa shape index (κ2) is 13.8. The third kappa shape index (κ3) is 6.93. The average molecular weight is 593 g/mol. The van der Waals surface area contributed by atoms with Gasteiger partial charge in [0.2, 0.25) is 0 Å². The summed E-state index contributed by atoms with van der Waals surface area (Å²) in [6.45, 7) is 4.82. The van der Waals surface area contributed by atoms with Crippen LogP contribution in [0.2, 0.25) is 0 Å². The molecule has 0 bridgehead atoms. The number of nitrogens with one attached hydrogen (secondary N) is 1. The fourth-order valence-electron chi connectivity index (χ4n) is 6.20. The molecule has 44 heavy (non-hydrogen) atoms. The number of β-amino-alcohol motifs (C(OH)–C–C–N with tert-alkyl or cyclic N) is 1. The van der Waals surface area contributed by atoms with E-state index in [-0.39, 0.29) is 36.7 Å². The Morgan fingerprint density at radius 3 is 2.30 bits per heavy atom. The summed E-state index contributed by atoms with van der Waals surface area (Å²) in [5, 5.41) is 22.7. The van der Waals surface area contributed by atoms with Gasteiger partial charge in [-0.1, -0.05) is 97.9 Å². The standard InChI is InChI=1S/C37H40N2O5/c1-25-34(23-39-20-19-32(41)22-39)43-37(44-35(25)28-13-11-26(24-40)12-14-28)30-17-15-27(16-18-30)33-10-6-5-9-31(33)21-38-36(42)29-7-3-2-4-8-29/h2-18,25,32,34-35,37,40-41H,19-24H2,1H3,(H,38,42)/t25-,32+,34+,35+,37+/m1/s1. The monoisotopic (exact) mass is 592 g/mol. The molecule has 2 aliphatic rings. The third-order valence-electron chi connectivity index (χ3n) is 8.80. The first-order valence-corrected chi connectivity index (χ1v) is 15.4. The lowest BCUT2D eigenvalue weighted by Gasteiger charge is -2.42. The number of nitrogens with zero attached hydrogens (tertiary/aromatic N) is 1. The molecule has 7 heteroatoms. The van der Waals surface area contributed by atoms with E-state index in [4.69, 9.17) is 9.47 Å². The Balaban J connectivity index is 1.21. The molecule has 2 saturated heterocycles. The molecule has 7 nitrogen and oxygen atoms in total. The third-order valence-corrected chi connectivity index (χ3v) is 8.80. The minimum atomic E-state index is -0.555. The van der Waals surface area contributed by atoms with Gasteiger partial charge in [-0.05, 0) is 46.4 Å². The Bertz CT molecular complexity index is 1530. The maximum Gasteiger partial charge on any atom is 0.251 e. The van der Waals surface area contributed by atoms with E-state index in [2.05, 4.69) is 47.5 Å². The number of aliphatic hydroxyl groups excluding tert-OH is 2. The SMILES string of the molecule is C[C@@H]1[C@H](CN2CC[C@H](O)C2)O[C@H](c2ccc(-c3ccccc3CNC(=O)c3ccccc3)cc2)O[C@@H]1c1ccc(CO)cc1. The van der Waals surface area contributed by atoms with E-state index in [0.29, 0.717) is 18.7 Å². The van der Waals surface area contributed by atoms with Crippen molar-refractivity contribution in [3.63, 3.8) is 0 Å². The molecule has 2 fully saturated rings. The van der Waals surface area contributed by atoms with Crippen LogP contribution in [-0.4, -0.2) is 52.9 Å². The number of benzene rings is 4. The highest BCUT2D eigenvalue weighted by molar-refractivity contribution is 5.94. The van der Waals surface area contributed by atoms with Gasteiger partial charge in [0.1, 0.15) is 0 Å². The molecule has 4 aromatic rings. The molecule has 0 saturated carbocycles. The van der Waals surface area contributed by atoms with E-state index in [0.717, 1.165) is 52.9 Å². The summed E-state index contributed by atoms with van der Waals surface area (Å²) in [6, 6.07) is 33.5. The number of amides is 1. The predicted octanol–water partition coefficient (Wildman–Crippen LogP) is 5.63. The molecule has 0 aromatic heterocycles. The van der Waals surface area contributed by atoms with Gasteiger partial charge in [-0.2, -0.15) is 0 Å². The molecular weight excluding hydrogens is 552 g/mol. The van der Waals surface area contributed by atoms with Crippen molar-refractivity contribution in [3.8, 4) is 11.1 Å². The highest BCUT2D eigenvalue weighted by Crippen LogP contribution is 2.42. The average Bonchev–Trinajstić information content (AvgIpc) is 3.49. The molecule has 0 unspecified atom stereocenters. The van der Waals surface area contributed by atoms with Gasteiger partial charge < -0.3 is 25.0 Å². The smallest absolute Gasteiger partial charge is 0.251 e. The highest BCUT2D eigenvalue weighted by Gasteiger charge is 2.39. The lowest BCUT2D eigenvalue weighted by atomic mass is 9.90. The van der Waals surface area contributed by atoms with Gasteiger partial charge in [-0.3, -0.25) is 9.69 Å². The summed E-state index contributed by atoms with van der Waals surface area (Å²) in [7, 11) is 0. The Hall–Kier alpha value is -3.85. The summed E-state index contributed by atoms with van der Waals surface area (Å²) in [5.74, 6) is -0.0173. The van der Waals surface area contributed by atoms with Gasteiger partial charge in [0, 0.05) is 43.2 Å². The molecule has 0 aliphatic carbocycles. The summed E-state index contributed by atoms with van der Waals surface area (Å²) in [6.07, 6.45) is -0.334. The summed E-state index contributed by atoms with van der Waals surface area (Å²) < 4.78 is 13.3. The van der Waals surface area contributed by atoms with Gasteiger partial charge in [0.25, 0.3) is 5.91 Å². The fraction of sp³-hybridized carbons (Fsp3) is 0.324. The number of hydrogen-bond acceptors (Lipinski definition) is 6. The topological polar surface area (TPSA) is 91.3 Å². The van der Waals surface area contributed by atoms with E-state index in [1.165, 1.54) is 0 Å². The Labute approximate surface area is 259 Å². The number of hydrogen-bond donors (Lipinski definition) is 3. The molecule has 0 radical (unpaired) electrons. The molecule has 3 N–H and O–H groups in total. The maximum absolute atomic E-state index is 12.7. The summed E-state index contributed by atoms with van der Waals surface area (Å²) in [5.41, 5.74) is 6.61. The van der Waals surface area contributed by atoms with E-state index in [1.807, 2.05) is 72.8 Å². The van der Waals surface area contributed by atoms with Crippen LogP contribution in [0, 0.1) is 5.92 Å². The minimum Gasteiger partial charge on any atom is -0.392 e. The fourth-order valence-corrected chi connectivity index (χ4v) is 6.20. The van der Waals surface area contributed by atoms with Crippen LogP contribution in [0.4, 0.5) is 0 Å². The number of rotatable bonds is 9. The molecule has 6 rings (SSSR count). The van der Waals surface area contributed by atoms with Crippen LogP contribution in [0.5, 0.6) is 0 Å². The number of carbonyl (C=O) groups excluding carboxylic acids is 1. The van der Waals surface area contributed by atoms with Gasteiger partial charge in [0.15, 0.2) is 6.29 Å². The van der Waals surface area contributed by atoms with Gasteiger partial charge in [0.05, 0.1) is 24.9 Å². The Kier molecular flexibility index (Phi) is 9.50. The Morgan fingerprint density at radius 1 is 0.886 bits per heavy atom. The zero-order chi connectivity index (χ0) is 30.5. The highest BCUT2D eigenvalue weighted by atomic mass is 16.7. The molecular formula is C37H40N2O5. The summed E-state index contributed by atoms with van der Waals surface area (Å²) in [4.78, 5) is 14.9. The molecule has 228 valence electrons. The van der Waals surface area contributed by atoms with Crippen molar-refractivity contribution in [1.82, 2.24) is 10.2 Å². The predicted molar refractivity (Wildman–Crippen MR) is 170 cm³/mol. The first-order valence-electron chi connectivity index (χ1n) is 15.4. The van der Waals surface area contributed by atoms with Crippen molar-refractivity contribution in [2.75, 3.05) is 19.6 Å². The van der Waals surface area contributed by atoms with Gasteiger partial charge >= 0.3 is 0 Å². The second-order valence-electron chi connectivity index (χ2n) is 11.9. The van der Waals surface area contributed by atoms with Crippen LogP contribution in [0.15, 0.2) is 103 Å². The zero-order valence-corrected chi connectivity index (χ0v) is 25.0. The van der Waals surface area contributed by atoms with Gasteiger partial charge in [-0.15, -0.1) is 0 Å². The molecule has 5 atom stereocenters. The van der Waals surface area contributed by atoms with Crippen LogP contribution in [0.25, 0.3) is 11.1 Å². The van der Waals surface area contributed by atoms with Crippen molar-refractivity contribution >= 4 is 5.91 Å². The lowest BCUT2D eigenvalue weighted by Crippen LogP contribution is -2.44. The van der Waals surface area contributed by atoms with Crippen molar-refractivity contribution in [2.24, 2.45) is 5.92 Å². The van der Waals surface area contributed by atoms with Crippen molar-refractivity contribution in [3.05, 3.63) is 131 Å². The first-order chi connectivity index (χ1) is 21.5. The quantitative estimate of drug-likeness (QED) is 0.233. The van der Waals surface area contributed by atoms with E-state index >= 15 is 0 Å². The molecule has 2 aliphatic heterocycles. The number of carbonyl (C=O) groups is 1. The van der Waals surface area contributed by atoms with Crippen molar-refractivity contribution in [1.29, 1.82) is 0 Å². The largest absolute Gasteiger partial charge is 0.392 e. The second-order valence-corrected chi connectivity index (χ2v) is 11.9. The van der Waals surface area contributed by atoms with E-state index < -0.39 is 6.29 Å². The van der Waals surface area contributed by atoms with Crippen LogP contribution in [0.1, 0.15) is 58.4 Å².